The highest BCUT2D eigenvalue weighted by Crippen LogP contribution is 2.39. The summed E-state index contributed by atoms with van der Waals surface area (Å²) in [6.45, 7) is 1.82. The van der Waals surface area contributed by atoms with Crippen molar-refractivity contribution in [3.8, 4) is 5.75 Å². The lowest BCUT2D eigenvalue weighted by Gasteiger charge is -2.30. The van der Waals surface area contributed by atoms with Gasteiger partial charge in [0.2, 0.25) is 5.95 Å². The number of esters is 1. The molecule has 6 nitrogen and oxygen atoms in total. The minimum absolute atomic E-state index is 0.142. The fourth-order valence-corrected chi connectivity index (χ4v) is 3.35. The monoisotopic (exact) mass is 335 g/mol. The number of nitrogens with one attached hydrogen (secondary N) is 1. The Morgan fingerprint density at radius 1 is 1.24 bits per heavy atom. The normalized spacial score (nSPS) is 16.5. The lowest BCUT2D eigenvalue weighted by Crippen LogP contribution is -2.28. The number of hydrogen-bond acceptors (Lipinski definition) is 5. The van der Waals surface area contributed by atoms with Gasteiger partial charge in [0.15, 0.2) is 0 Å². The summed E-state index contributed by atoms with van der Waals surface area (Å²) in [6, 6.07) is 14.2. The second kappa shape index (κ2) is 5.66. The van der Waals surface area contributed by atoms with Crippen molar-refractivity contribution in [1.82, 2.24) is 9.55 Å². The number of aromatic hydroxyl groups is 1. The molecule has 0 saturated carbocycles. The predicted octanol–water partition coefficient (Wildman–Crippen LogP) is 3.20. The molecule has 126 valence electrons. The largest absolute Gasteiger partial charge is 0.508 e. The van der Waals surface area contributed by atoms with Crippen LogP contribution in [0.1, 0.15) is 18.5 Å². The van der Waals surface area contributed by atoms with Gasteiger partial charge in [0.1, 0.15) is 5.75 Å². The number of phenols is 1. The summed E-state index contributed by atoms with van der Waals surface area (Å²) in [5.41, 5.74) is 3.68. The first-order valence-electron chi connectivity index (χ1n) is 7.92. The van der Waals surface area contributed by atoms with E-state index in [-0.39, 0.29) is 5.75 Å². The Kier molecular flexibility index (Phi) is 3.46. The van der Waals surface area contributed by atoms with Crippen molar-refractivity contribution in [3.05, 3.63) is 65.4 Å². The van der Waals surface area contributed by atoms with E-state index in [2.05, 4.69) is 10.3 Å². The molecule has 0 amide bonds. The summed E-state index contributed by atoms with van der Waals surface area (Å²) in [4.78, 5) is 17.1. The highest BCUT2D eigenvalue weighted by molar-refractivity contribution is 5.94. The molecular formula is C19H17N3O3. The van der Waals surface area contributed by atoms with Gasteiger partial charge in [-0.3, -0.25) is 4.57 Å². The van der Waals surface area contributed by atoms with Crippen molar-refractivity contribution in [2.24, 2.45) is 0 Å². The minimum atomic E-state index is -0.441. The summed E-state index contributed by atoms with van der Waals surface area (Å²) in [7, 11) is 1.36. The van der Waals surface area contributed by atoms with E-state index in [4.69, 9.17) is 4.74 Å². The standard InChI is InChI=1S/C19H17N3O3/c1-11-16(18(24)25-2)17(12-6-5-7-13(23)10-12)22-15-9-4-3-8-14(15)21-19(22)20-11/h3-10,17,23H,1-2H3,(H,20,21)/t17-/m1/s1. The average Bonchev–Trinajstić information content (AvgIpc) is 2.97. The number of hydrogen-bond donors (Lipinski definition) is 2. The zero-order valence-electron chi connectivity index (χ0n) is 13.9. The van der Waals surface area contributed by atoms with Crippen LogP contribution >= 0.6 is 0 Å². The third-order valence-electron chi connectivity index (χ3n) is 4.42. The fraction of sp³-hybridized carbons (Fsp3) is 0.158. The molecule has 0 unspecified atom stereocenters. The number of imidazole rings is 1. The van der Waals surface area contributed by atoms with Crippen molar-refractivity contribution >= 4 is 23.0 Å². The zero-order chi connectivity index (χ0) is 17.6. The number of carbonyl (C=O) groups excluding carboxylic acids is 1. The lowest BCUT2D eigenvalue weighted by atomic mass is 9.95. The number of ether oxygens (including phenoxy) is 1. The van der Waals surface area contributed by atoms with Crippen LogP contribution in [0.3, 0.4) is 0 Å². The van der Waals surface area contributed by atoms with Crippen LogP contribution < -0.4 is 5.32 Å². The Hall–Kier alpha value is -3.28. The number of para-hydroxylation sites is 2. The Balaban J connectivity index is 2.03. The van der Waals surface area contributed by atoms with Crippen molar-refractivity contribution in [2.75, 3.05) is 12.4 Å². The smallest absolute Gasteiger partial charge is 0.337 e. The van der Waals surface area contributed by atoms with E-state index in [1.807, 2.05) is 41.8 Å². The molecule has 0 bridgehead atoms. The van der Waals surface area contributed by atoms with Gasteiger partial charge in [0.05, 0.1) is 29.8 Å². The van der Waals surface area contributed by atoms with Gasteiger partial charge in [-0.1, -0.05) is 24.3 Å². The van der Waals surface area contributed by atoms with Crippen molar-refractivity contribution in [3.63, 3.8) is 0 Å². The zero-order valence-corrected chi connectivity index (χ0v) is 13.9. The SMILES string of the molecule is COC(=O)C1=C(C)Nc2nc3ccccc3n2[C@@H]1c1cccc(O)c1. The molecule has 3 aromatic rings. The minimum Gasteiger partial charge on any atom is -0.508 e. The Labute approximate surface area is 144 Å². The first-order valence-corrected chi connectivity index (χ1v) is 7.92. The Morgan fingerprint density at radius 2 is 2.04 bits per heavy atom. The fourth-order valence-electron chi connectivity index (χ4n) is 3.35. The van der Waals surface area contributed by atoms with Crippen molar-refractivity contribution in [1.29, 1.82) is 0 Å². The van der Waals surface area contributed by atoms with Crippen molar-refractivity contribution in [2.45, 2.75) is 13.0 Å². The van der Waals surface area contributed by atoms with Crippen LogP contribution in [0.2, 0.25) is 0 Å². The van der Waals surface area contributed by atoms with E-state index in [9.17, 15) is 9.90 Å². The first-order chi connectivity index (χ1) is 12.1. The highest BCUT2D eigenvalue weighted by atomic mass is 16.5. The predicted molar refractivity (Wildman–Crippen MR) is 94.3 cm³/mol. The summed E-state index contributed by atoms with van der Waals surface area (Å²) in [6.07, 6.45) is 0. The van der Waals surface area contributed by atoms with Crippen LogP contribution in [0.25, 0.3) is 11.0 Å². The molecular weight excluding hydrogens is 318 g/mol. The first kappa shape index (κ1) is 15.3. The molecule has 1 aliphatic rings. The molecule has 1 aromatic heterocycles. The maximum Gasteiger partial charge on any atom is 0.337 e. The number of carbonyl (C=O) groups is 1. The van der Waals surface area contributed by atoms with E-state index >= 15 is 0 Å². The van der Waals surface area contributed by atoms with Gasteiger partial charge in [-0.25, -0.2) is 9.78 Å². The third kappa shape index (κ3) is 2.34. The maximum absolute atomic E-state index is 12.5. The number of phenolic OH excluding ortho intramolecular Hbond substituents is 1. The number of aromatic nitrogens is 2. The second-order valence-electron chi connectivity index (χ2n) is 5.95. The van der Waals surface area contributed by atoms with Gasteiger partial charge in [-0.15, -0.1) is 0 Å². The molecule has 0 aliphatic carbocycles. The third-order valence-corrected chi connectivity index (χ3v) is 4.42. The van der Waals surface area contributed by atoms with E-state index in [0.29, 0.717) is 17.2 Å². The molecule has 25 heavy (non-hydrogen) atoms. The quantitative estimate of drug-likeness (QED) is 0.703. The number of methoxy groups -OCH3 is 1. The van der Waals surface area contributed by atoms with Gasteiger partial charge in [-0.2, -0.15) is 0 Å². The van der Waals surface area contributed by atoms with Crippen LogP contribution in [0.5, 0.6) is 5.75 Å². The summed E-state index contributed by atoms with van der Waals surface area (Å²) in [5.74, 6) is 0.380. The number of benzene rings is 2. The van der Waals surface area contributed by atoms with Crippen LogP contribution in [0, 0.1) is 0 Å². The molecule has 1 atom stereocenters. The number of fused-ring (bicyclic) bond motifs is 3. The molecule has 6 heteroatoms. The summed E-state index contributed by atoms with van der Waals surface area (Å²) in [5, 5.41) is 13.1. The average molecular weight is 335 g/mol. The van der Waals surface area contributed by atoms with Gasteiger partial charge in [-0.05, 0) is 36.8 Å². The molecule has 2 N–H and O–H groups in total. The van der Waals surface area contributed by atoms with Gasteiger partial charge in [0.25, 0.3) is 0 Å². The maximum atomic E-state index is 12.5. The van der Waals surface area contributed by atoms with Gasteiger partial charge in [0, 0.05) is 5.70 Å². The lowest BCUT2D eigenvalue weighted by molar-refractivity contribution is -0.136. The second-order valence-corrected chi connectivity index (χ2v) is 5.95. The summed E-state index contributed by atoms with van der Waals surface area (Å²) >= 11 is 0. The van der Waals surface area contributed by atoms with E-state index in [0.717, 1.165) is 16.6 Å². The van der Waals surface area contributed by atoms with E-state index in [1.54, 1.807) is 18.2 Å². The number of nitrogens with zero attached hydrogens (tertiary/aromatic N) is 2. The molecule has 0 radical (unpaired) electrons. The topological polar surface area (TPSA) is 76.4 Å². The molecule has 0 spiro atoms. The van der Waals surface area contributed by atoms with Crippen LogP contribution in [0.4, 0.5) is 5.95 Å². The van der Waals surface area contributed by atoms with Crippen LogP contribution in [-0.2, 0) is 9.53 Å². The molecule has 0 fully saturated rings. The number of allylic oxidation sites excluding steroid dienone is 1. The molecule has 4 rings (SSSR count). The molecule has 2 aromatic carbocycles. The van der Waals surface area contributed by atoms with Crippen LogP contribution in [0.15, 0.2) is 59.8 Å². The molecule has 0 saturated heterocycles. The van der Waals surface area contributed by atoms with Crippen LogP contribution in [-0.4, -0.2) is 27.7 Å². The molecule has 2 heterocycles. The van der Waals surface area contributed by atoms with E-state index < -0.39 is 12.0 Å². The van der Waals surface area contributed by atoms with Crippen molar-refractivity contribution < 1.29 is 14.6 Å². The Bertz CT molecular complexity index is 1020. The highest BCUT2D eigenvalue weighted by Gasteiger charge is 2.34. The number of anilines is 1. The number of rotatable bonds is 2. The Morgan fingerprint density at radius 3 is 2.80 bits per heavy atom. The van der Waals surface area contributed by atoms with E-state index in [1.165, 1.54) is 7.11 Å². The molecule has 1 aliphatic heterocycles. The summed E-state index contributed by atoms with van der Waals surface area (Å²) < 4.78 is 6.97. The van der Waals surface area contributed by atoms with Gasteiger partial charge < -0.3 is 15.2 Å². The van der Waals surface area contributed by atoms with Gasteiger partial charge >= 0.3 is 5.97 Å².